The standard InChI is InChI=1S/C20H25N3O3S/c1-4-12-26-17-10-9-16(13-18(17)25-5-2)14-22-23-20(24)15(3)27-19-8-6-7-11-21-19/h6-11,13-15H,4-5,12H2,1-3H3,(H,23,24)/b22-14-/t15-/m0/s1. The van der Waals surface area contributed by atoms with Crippen LogP contribution in [0.15, 0.2) is 52.7 Å². The number of nitrogens with one attached hydrogen (secondary N) is 1. The first-order chi connectivity index (χ1) is 13.1. The zero-order valence-corrected chi connectivity index (χ0v) is 16.7. The van der Waals surface area contributed by atoms with Gasteiger partial charge in [-0.1, -0.05) is 24.8 Å². The van der Waals surface area contributed by atoms with E-state index in [0.717, 1.165) is 17.0 Å². The molecule has 0 unspecified atom stereocenters. The first kappa shape index (κ1) is 20.8. The van der Waals surface area contributed by atoms with Gasteiger partial charge in [-0.15, -0.1) is 0 Å². The van der Waals surface area contributed by atoms with E-state index in [9.17, 15) is 4.79 Å². The molecule has 0 bridgehead atoms. The number of carbonyl (C=O) groups excluding carboxylic acids is 1. The summed E-state index contributed by atoms with van der Waals surface area (Å²) in [4.78, 5) is 16.4. The molecule has 27 heavy (non-hydrogen) atoms. The van der Waals surface area contributed by atoms with Gasteiger partial charge in [0.25, 0.3) is 5.91 Å². The molecule has 0 aliphatic heterocycles. The normalized spacial score (nSPS) is 12.0. The summed E-state index contributed by atoms with van der Waals surface area (Å²) in [7, 11) is 0. The van der Waals surface area contributed by atoms with Crippen LogP contribution in [-0.2, 0) is 4.79 Å². The highest BCUT2D eigenvalue weighted by atomic mass is 32.2. The molecule has 0 spiro atoms. The summed E-state index contributed by atoms with van der Waals surface area (Å²) in [5.74, 6) is 1.19. The summed E-state index contributed by atoms with van der Waals surface area (Å²) >= 11 is 1.38. The van der Waals surface area contributed by atoms with Crippen LogP contribution in [0, 0.1) is 0 Å². The van der Waals surface area contributed by atoms with Crippen LogP contribution in [0.4, 0.5) is 0 Å². The lowest BCUT2D eigenvalue weighted by Crippen LogP contribution is -2.26. The monoisotopic (exact) mass is 387 g/mol. The van der Waals surface area contributed by atoms with Gasteiger partial charge in [0.05, 0.1) is 29.7 Å². The summed E-state index contributed by atoms with van der Waals surface area (Å²) in [6, 6.07) is 11.2. The SMILES string of the molecule is CCCOc1ccc(/C=N\NC(=O)[C@H](C)Sc2ccccn2)cc1OCC. The Bertz CT molecular complexity index is 753. The lowest BCUT2D eigenvalue weighted by Gasteiger charge is -2.12. The van der Waals surface area contributed by atoms with Crippen LogP contribution in [0.5, 0.6) is 11.5 Å². The maximum absolute atomic E-state index is 12.2. The van der Waals surface area contributed by atoms with Gasteiger partial charge in [0, 0.05) is 6.20 Å². The lowest BCUT2D eigenvalue weighted by molar-refractivity contribution is -0.120. The van der Waals surface area contributed by atoms with Crippen molar-refractivity contribution in [1.29, 1.82) is 0 Å². The van der Waals surface area contributed by atoms with Gasteiger partial charge in [-0.05, 0) is 56.2 Å². The molecule has 0 aliphatic rings. The van der Waals surface area contributed by atoms with Gasteiger partial charge in [-0.3, -0.25) is 4.79 Å². The number of rotatable bonds is 10. The highest BCUT2D eigenvalue weighted by Gasteiger charge is 2.14. The number of aromatic nitrogens is 1. The molecule has 144 valence electrons. The van der Waals surface area contributed by atoms with Crippen molar-refractivity contribution in [2.75, 3.05) is 13.2 Å². The second-order valence-electron chi connectivity index (χ2n) is 5.65. The fraction of sp³-hybridized carbons (Fsp3) is 0.350. The molecule has 1 heterocycles. The number of benzene rings is 1. The molecule has 0 saturated carbocycles. The maximum Gasteiger partial charge on any atom is 0.253 e. The van der Waals surface area contributed by atoms with E-state index in [-0.39, 0.29) is 11.2 Å². The topological polar surface area (TPSA) is 72.8 Å². The maximum atomic E-state index is 12.2. The third kappa shape index (κ3) is 6.94. The highest BCUT2D eigenvalue weighted by molar-refractivity contribution is 8.00. The average molecular weight is 388 g/mol. The van der Waals surface area contributed by atoms with E-state index in [2.05, 4.69) is 22.4 Å². The predicted molar refractivity (Wildman–Crippen MR) is 109 cm³/mol. The van der Waals surface area contributed by atoms with E-state index >= 15 is 0 Å². The van der Waals surface area contributed by atoms with Crippen LogP contribution < -0.4 is 14.9 Å². The van der Waals surface area contributed by atoms with Crippen molar-refractivity contribution in [3.05, 3.63) is 48.2 Å². The van der Waals surface area contributed by atoms with E-state index in [4.69, 9.17) is 9.47 Å². The van der Waals surface area contributed by atoms with Gasteiger partial charge in [0.1, 0.15) is 0 Å². The van der Waals surface area contributed by atoms with Gasteiger partial charge >= 0.3 is 0 Å². The van der Waals surface area contributed by atoms with Crippen molar-refractivity contribution in [3.63, 3.8) is 0 Å². The number of hydrogen-bond acceptors (Lipinski definition) is 6. The van der Waals surface area contributed by atoms with Crippen LogP contribution in [0.1, 0.15) is 32.8 Å². The Morgan fingerprint density at radius 1 is 1.26 bits per heavy atom. The number of hydrazone groups is 1. The molecule has 1 atom stereocenters. The second-order valence-corrected chi connectivity index (χ2v) is 7.01. The molecule has 1 amide bonds. The average Bonchev–Trinajstić information content (AvgIpc) is 2.68. The van der Waals surface area contributed by atoms with Gasteiger partial charge in [-0.2, -0.15) is 5.10 Å². The van der Waals surface area contributed by atoms with E-state index in [0.29, 0.717) is 24.7 Å². The molecule has 0 saturated heterocycles. The van der Waals surface area contributed by atoms with Crippen LogP contribution in [0.3, 0.4) is 0 Å². The zero-order valence-electron chi connectivity index (χ0n) is 15.8. The number of amides is 1. The van der Waals surface area contributed by atoms with Crippen LogP contribution >= 0.6 is 11.8 Å². The molecular weight excluding hydrogens is 362 g/mol. The molecule has 0 radical (unpaired) electrons. The summed E-state index contributed by atoms with van der Waals surface area (Å²) < 4.78 is 11.3. The third-order valence-corrected chi connectivity index (χ3v) is 4.47. The molecule has 1 N–H and O–H groups in total. The van der Waals surface area contributed by atoms with Gasteiger partial charge < -0.3 is 9.47 Å². The Kier molecular flexibility index (Phi) is 8.64. The van der Waals surface area contributed by atoms with Crippen molar-refractivity contribution in [1.82, 2.24) is 10.4 Å². The van der Waals surface area contributed by atoms with E-state index in [1.54, 1.807) is 12.4 Å². The second kappa shape index (κ2) is 11.2. The van der Waals surface area contributed by atoms with Crippen molar-refractivity contribution in [2.45, 2.75) is 37.5 Å². The number of nitrogens with zero attached hydrogens (tertiary/aromatic N) is 2. The van der Waals surface area contributed by atoms with Crippen molar-refractivity contribution < 1.29 is 14.3 Å². The van der Waals surface area contributed by atoms with E-state index in [1.807, 2.05) is 50.2 Å². The van der Waals surface area contributed by atoms with Crippen molar-refractivity contribution >= 4 is 23.9 Å². The molecule has 2 aromatic rings. The minimum Gasteiger partial charge on any atom is -0.490 e. The van der Waals surface area contributed by atoms with Crippen molar-refractivity contribution in [3.8, 4) is 11.5 Å². The zero-order chi connectivity index (χ0) is 19.5. The van der Waals surface area contributed by atoms with Gasteiger partial charge in [-0.25, -0.2) is 10.4 Å². The Morgan fingerprint density at radius 3 is 2.81 bits per heavy atom. The largest absolute Gasteiger partial charge is 0.490 e. The van der Waals surface area contributed by atoms with E-state index in [1.165, 1.54) is 11.8 Å². The van der Waals surface area contributed by atoms with Crippen LogP contribution in [-0.4, -0.2) is 35.6 Å². The summed E-state index contributed by atoms with van der Waals surface area (Å²) in [6.45, 7) is 6.97. The highest BCUT2D eigenvalue weighted by Crippen LogP contribution is 2.28. The molecule has 6 nitrogen and oxygen atoms in total. The lowest BCUT2D eigenvalue weighted by atomic mass is 10.2. The third-order valence-electron chi connectivity index (χ3n) is 3.42. The van der Waals surface area contributed by atoms with Crippen molar-refractivity contribution in [2.24, 2.45) is 5.10 Å². The fourth-order valence-corrected chi connectivity index (χ4v) is 2.92. The summed E-state index contributed by atoms with van der Waals surface area (Å²) in [5, 5.41) is 4.54. The number of ether oxygens (including phenoxy) is 2. The Balaban J connectivity index is 1.94. The Morgan fingerprint density at radius 2 is 2.11 bits per heavy atom. The number of thioether (sulfide) groups is 1. The molecule has 2 rings (SSSR count). The first-order valence-corrected chi connectivity index (χ1v) is 9.82. The molecular formula is C20H25N3O3S. The summed E-state index contributed by atoms with van der Waals surface area (Å²) in [5.41, 5.74) is 3.37. The smallest absolute Gasteiger partial charge is 0.253 e. The Hall–Kier alpha value is -2.54. The van der Waals surface area contributed by atoms with Crippen LogP contribution in [0.25, 0.3) is 0 Å². The molecule has 0 aliphatic carbocycles. The quantitative estimate of drug-likeness (QED) is 0.380. The summed E-state index contributed by atoms with van der Waals surface area (Å²) in [6.07, 6.45) is 4.21. The molecule has 7 heteroatoms. The molecule has 1 aromatic carbocycles. The minimum atomic E-state index is -0.305. The number of carbonyl (C=O) groups is 1. The van der Waals surface area contributed by atoms with Crippen LogP contribution in [0.2, 0.25) is 0 Å². The fourth-order valence-electron chi connectivity index (χ4n) is 2.12. The molecule has 1 aromatic heterocycles. The minimum absolute atomic E-state index is 0.185. The predicted octanol–water partition coefficient (Wildman–Crippen LogP) is 3.90. The van der Waals surface area contributed by atoms with Gasteiger partial charge in [0.2, 0.25) is 0 Å². The van der Waals surface area contributed by atoms with E-state index < -0.39 is 0 Å². The van der Waals surface area contributed by atoms with Gasteiger partial charge in [0.15, 0.2) is 11.5 Å². The molecule has 0 fully saturated rings. The number of pyridine rings is 1. The number of hydrogen-bond donors (Lipinski definition) is 1. The first-order valence-electron chi connectivity index (χ1n) is 8.94. The Labute approximate surface area is 164 Å².